The van der Waals surface area contributed by atoms with Crippen LogP contribution in [0.5, 0.6) is 0 Å². The van der Waals surface area contributed by atoms with E-state index >= 15 is 0 Å². The molecule has 6 nitrogen and oxygen atoms in total. The van der Waals surface area contributed by atoms with Gasteiger partial charge < -0.3 is 4.74 Å². The molecule has 0 radical (unpaired) electrons. The molecule has 204 valence electrons. The van der Waals surface area contributed by atoms with Crippen LogP contribution in [-0.4, -0.2) is 42.0 Å². The van der Waals surface area contributed by atoms with Crippen LogP contribution in [0.2, 0.25) is 0 Å². The molecule has 0 spiro atoms. The maximum Gasteiger partial charge on any atom is 0.256 e. The van der Waals surface area contributed by atoms with Crippen LogP contribution in [0.4, 0.5) is 5.69 Å². The van der Waals surface area contributed by atoms with Crippen molar-refractivity contribution < 1.29 is 19.1 Å². The first-order valence-corrected chi connectivity index (χ1v) is 14.4. The third-order valence-electron chi connectivity index (χ3n) is 8.45. The lowest BCUT2D eigenvalue weighted by atomic mass is 9.70. The van der Waals surface area contributed by atoms with Gasteiger partial charge in [-0.15, -0.1) is 0 Å². The van der Waals surface area contributed by atoms with Crippen LogP contribution in [-0.2, 0) is 19.1 Å². The van der Waals surface area contributed by atoms with Gasteiger partial charge in [-0.25, -0.2) is 0 Å². The molecule has 0 saturated heterocycles. The maximum atomic E-state index is 12.3. The summed E-state index contributed by atoms with van der Waals surface area (Å²) in [4.78, 5) is 39.9. The highest BCUT2D eigenvalue weighted by atomic mass is 16.5. The van der Waals surface area contributed by atoms with Crippen LogP contribution >= 0.6 is 0 Å². The Morgan fingerprint density at radius 2 is 1.47 bits per heavy atom. The Bertz CT molecular complexity index is 1070. The van der Waals surface area contributed by atoms with Crippen molar-refractivity contribution in [2.45, 2.75) is 78.2 Å². The number of carbonyl (C=O) groups excluding carboxylic acids is 3. The number of rotatable bonds is 5. The molecule has 6 heteroatoms. The van der Waals surface area contributed by atoms with Gasteiger partial charge in [0.25, 0.3) is 17.7 Å². The van der Waals surface area contributed by atoms with Crippen molar-refractivity contribution in [3.8, 4) is 0 Å². The van der Waals surface area contributed by atoms with E-state index in [1.165, 1.54) is 36.7 Å². The van der Waals surface area contributed by atoms with Gasteiger partial charge in [0.1, 0.15) is 6.73 Å². The first-order chi connectivity index (χ1) is 18.5. The highest BCUT2D eigenvalue weighted by molar-refractivity contribution is 6.16. The average Bonchev–Trinajstić information content (AvgIpc) is 3.08. The van der Waals surface area contributed by atoms with Gasteiger partial charge in [-0.1, -0.05) is 44.2 Å². The minimum Gasteiger partial charge on any atom is -0.357 e. The second-order valence-corrected chi connectivity index (χ2v) is 10.7. The Morgan fingerprint density at radius 1 is 0.842 bits per heavy atom. The number of nitrogens with zero attached hydrogens (tertiary/aromatic N) is 2. The number of carbonyl (C=O) groups is 3. The Balaban J connectivity index is 0.00000164. The van der Waals surface area contributed by atoms with Gasteiger partial charge in [-0.05, 0) is 93.7 Å². The van der Waals surface area contributed by atoms with Gasteiger partial charge in [-0.2, -0.15) is 0 Å². The molecule has 5 rings (SSSR count). The molecule has 0 unspecified atom stereocenters. The number of ether oxygens (including phenoxy) is 1. The van der Waals surface area contributed by atoms with E-state index in [0.29, 0.717) is 18.1 Å². The fraction of sp³-hybridized carbons (Fsp3) is 0.531. The molecule has 0 bridgehead atoms. The first-order valence-electron chi connectivity index (χ1n) is 14.4. The van der Waals surface area contributed by atoms with Crippen molar-refractivity contribution in [2.24, 2.45) is 17.8 Å². The molecule has 0 atom stereocenters. The quantitative estimate of drug-likeness (QED) is 0.430. The van der Waals surface area contributed by atoms with Crippen LogP contribution in [0.15, 0.2) is 54.1 Å². The van der Waals surface area contributed by atoms with Gasteiger partial charge in [-0.3, -0.25) is 24.2 Å². The van der Waals surface area contributed by atoms with Crippen molar-refractivity contribution in [2.75, 3.05) is 18.2 Å². The first kappa shape index (κ1) is 28.0. The van der Waals surface area contributed by atoms with Crippen LogP contribution in [0.25, 0.3) is 6.08 Å². The van der Waals surface area contributed by atoms with E-state index in [1.807, 2.05) is 26.0 Å². The molecule has 0 N–H and O–H groups in total. The predicted octanol–water partition coefficient (Wildman–Crippen LogP) is 6.28. The van der Waals surface area contributed by atoms with E-state index in [9.17, 15) is 14.4 Å². The topological polar surface area (TPSA) is 66.9 Å². The summed E-state index contributed by atoms with van der Waals surface area (Å²) in [5.74, 6) is 1.84. The number of imide groups is 1. The fourth-order valence-electron chi connectivity index (χ4n) is 6.32. The largest absolute Gasteiger partial charge is 0.357 e. The zero-order chi connectivity index (χ0) is 27.1. The number of amides is 3. The van der Waals surface area contributed by atoms with E-state index in [2.05, 4.69) is 24.3 Å². The van der Waals surface area contributed by atoms with E-state index in [4.69, 9.17) is 4.74 Å². The molecule has 38 heavy (non-hydrogen) atoms. The lowest BCUT2D eigenvalue weighted by Crippen LogP contribution is -2.43. The van der Waals surface area contributed by atoms with Gasteiger partial charge in [0.2, 0.25) is 0 Å². The second-order valence-electron chi connectivity index (χ2n) is 10.7. The standard InChI is InChI=1S/C30H36N2O4.C2H6/c1-21-19-29(34)32(30(21)35)27-16-12-25(13-17-27)24-10-6-22(7-11-24)4-5-23-8-14-26(15-9-23)31-20-36-18-2-3-28(31)33;1-2/h2-5,8-9,14-15,19,22,24-25,27H,6-7,10-13,16-18,20H2,1H3;1-2H3/b5-4+;. The Hall–Kier alpha value is -2.99. The molecule has 3 amide bonds. The molecule has 0 aromatic heterocycles. The maximum absolute atomic E-state index is 12.3. The average molecular weight is 519 g/mol. The zero-order valence-corrected chi connectivity index (χ0v) is 23.1. The van der Waals surface area contributed by atoms with E-state index in [-0.39, 0.29) is 30.5 Å². The van der Waals surface area contributed by atoms with Crippen molar-refractivity contribution in [3.63, 3.8) is 0 Å². The van der Waals surface area contributed by atoms with Crippen LogP contribution in [0, 0.1) is 17.8 Å². The molecule has 2 saturated carbocycles. The number of hydrogen-bond acceptors (Lipinski definition) is 4. The highest BCUT2D eigenvalue weighted by Crippen LogP contribution is 2.41. The molecular weight excluding hydrogens is 476 g/mol. The van der Waals surface area contributed by atoms with Crippen molar-refractivity contribution in [3.05, 3.63) is 59.7 Å². The summed E-state index contributed by atoms with van der Waals surface area (Å²) in [6.45, 7) is 6.47. The summed E-state index contributed by atoms with van der Waals surface area (Å²) in [6.07, 6.45) is 18.5. The molecular formula is C32H42N2O4. The SMILES string of the molecule is CC.CC1=CC(=O)N(C2CCC(C3CCC(/C=C/c4ccc(N5COCC=CC5=O)cc4)CC3)CC2)C1=O. The summed E-state index contributed by atoms with van der Waals surface area (Å²) < 4.78 is 5.46. The number of hydrogen-bond donors (Lipinski definition) is 0. The summed E-state index contributed by atoms with van der Waals surface area (Å²) in [6, 6.07) is 8.17. The van der Waals surface area contributed by atoms with E-state index < -0.39 is 0 Å². The summed E-state index contributed by atoms with van der Waals surface area (Å²) in [5.41, 5.74) is 2.57. The number of anilines is 1. The minimum atomic E-state index is -0.121. The molecule has 4 aliphatic rings. The third-order valence-corrected chi connectivity index (χ3v) is 8.45. The molecule has 1 aromatic rings. The van der Waals surface area contributed by atoms with Crippen LogP contribution in [0.1, 0.15) is 77.7 Å². The number of benzene rings is 1. The molecule has 1 aromatic carbocycles. The van der Waals surface area contributed by atoms with Gasteiger partial charge in [0.15, 0.2) is 0 Å². The Morgan fingerprint density at radius 3 is 2.08 bits per heavy atom. The van der Waals surface area contributed by atoms with Crippen molar-refractivity contribution >= 4 is 29.5 Å². The Labute approximate surface area is 227 Å². The lowest BCUT2D eigenvalue weighted by Gasteiger charge is -2.39. The smallest absolute Gasteiger partial charge is 0.256 e. The summed E-state index contributed by atoms with van der Waals surface area (Å²) in [7, 11) is 0. The molecule has 2 aliphatic heterocycles. The van der Waals surface area contributed by atoms with Gasteiger partial charge >= 0.3 is 0 Å². The van der Waals surface area contributed by atoms with Crippen molar-refractivity contribution in [1.82, 2.24) is 4.90 Å². The Kier molecular flexibility index (Phi) is 9.73. The van der Waals surface area contributed by atoms with Gasteiger partial charge in [0, 0.05) is 29.5 Å². The second kappa shape index (κ2) is 13.2. The molecule has 2 heterocycles. The minimum absolute atomic E-state index is 0.0498. The third kappa shape index (κ3) is 6.52. The summed E-state index contributed by atoms with van der Waals surface area (Å²) in [5, 5.41) is 0. The van der Waals surface area contributed by atoms with Gasteiger partial charge in [0.05, 0.1) is 6.61 Å². The van der Waals surface area contributed by atoms with Crippen LogP contribution in [0.3, 0.4) is 0 Å². The molecule has 2 aliphatic carbocycles. The summed E-state index contributed by atoms with van der Waals surface area (Å²) >= 11 is 0. The highest BCUT2D eigenvalue weighted by Gasteiger charge is 2.38. The van der Waals surface area contributed by atoms with Crippen molar-refractivity contribution in [1.29, 1.82) is 0 Å². The monoisotopic (exact) mass is 518 g/mol. The normalized spacial score (nSPS) is 28.3. The van der Waals surface area contributed by atoms with E-state index in [1.54, 1.807) is 24.0 Å². The zero-order valence-electron chi connectivity index (χ0n) is 23.1. The predicted molar refractivity (Wildman–Crippen MR) is 151 cm³/mol. The lowest BCUT2D eigenvalue weighted by molar-refractivity contribution is -0.141. The van der Waals surface area contributed by atoms with E-state index in [0.717, 1.165) is 48.8 Å². The number of allylic oxidation sites excluding steroid dienone is 1. The fourth-order valence-corrected chi connectivity index (χ4v) is 6.32. The molecule has 2 fully saturated rings. The van der Waals surface area contributed by atoms with Crippen LogP contribution < -0.4 is 4.90 Å².